The van der Waals surface area contributed by atoms with Crippen LogP contribution in [-0.2, 0) is 35.1 Å². The molecule has 1 spiro atoms. The lowest BCUT2D eigenvalue weighted by atomic mass is 9.74. The van der Waals surface area contributed by atoms with E-state index in [1.54, 1.807) is 11.0 Å². The van der Waals surface area contributed by atoms with Crippen molar-refractivity contribution < 1.29 is 33.8 Å². The minimum Gasteiger partial charge on any atom is -0.463 e. The molecule has 7 atom stereocenters. The molecule has 10 nitrogen and oxygen atoms in total. The second kappa shape index (κ2) is 15.4. The van der Waals surface area contributed by atoms with Crippen LogP contribution in [0.25, 0.3) is 0 Å². The van der Waals surface area contributed by atoms with Crippen LogP contribution in [0.2, 0.25) is 0 Å². The van der Waals surface area contributed by atoms with Crippen LogP contribution in [-0.4, -0.2) is 88.7 Å². The SMILES string of the molecule is CCCCCN1C/C=C\CCC(=O)OC[C@@H](c2ccccc2)NC(=O)[C@@H]2[C@H]3O[C@@]4(C=C3Br)[C@H](C1=O)N([C@@H](CO)Cc1ccccc1)C(=O)[C@@H]24. The Morgan fingerprint density at radius 2 is 1.73 bits per heavy atom. The molecule has 49 heavy (non-hydrogen) atoms. The number of rotatable bonds is 9. The van der Waals surface area contributed by atoms with Gasteiger partial charge < -0.3 is 29.7 Å². The first-order valence-electron chi connectivity index (χ1n) is 17.3. The van der Waals surface area contributed by atoms with E-state index in [2.05, 4.69) is 28.2 Å². The lowest BCUT2D eigenvalue weighted by molar-refractivity contribution is -0.150. The molecule has 2 fully saturated rings. The summed E-state index contributed by atoms with van der Waals surface area (Å²) in [5, 5.41) is 13.9. The third-order valence-corrected chi connectivity index (χ3v) is 10.8. The van der Waals surface area contributed by atoms with Gasteiger partial charge in [-0.15, -0.1) is 0 Å². The Bertz CT molecular complexity index is 1580. The van der Waals surface area contributed by atoms with Gasteiger partial charge in [-0.05, 0) is 36.5 Å². The number of nitrogens with one attached hydrogen (secondary N) is 1. The number of likely N-dealkylation sites (tertiary alicyclic amines) is 1. The summed E-state index contributed by atoms with van der Waals surface area (Å²) in [7, 11) is 0. The van der Waals surface area contributed by atoms with Gasteiger partial charge in [0.15, 0.2) is 0 Å². The number of hydrogen-bond donors (Lipinski definition) is 2. The number of hydrogen-bond acceptors (Lipinski definition) is 7. The Morgan fingerprint density at radius 3 is 2.45 bits per heavy atom. The van der Waals surface area contributed by atoms with Crippen molar-refractivity contribution in [2.24, 2.45) is 11.8 Å². The van der Waals surface area contributed by atoms with E-state index >= 15 is 0 Å². The molecule has 0 aromatic heterocycles. The fourth-order valence-electron chi connectivity index (χ4n) is 7.73. The van der Waals surface area contributed by atoms with Crippen LogP contribution in [0.5, 0.6) is 0 Å². The Balaban J connectivity index is 1.44. The standard InChI is InChI=1S/C38H44BrN3O7/c1-2-3-12-19-41-20-13-6-11-18-30(44)48-24-29(26-16-9-5-10-17-26)40-35(45)31-32-36(46)42(27(23-43)21-25-14-7-4-8-15-25)34(37(41)47)38(32)22-28(39)33(31)49-38/h4-10,13-17,22,27,29,31-34,43H,2-3,11-12,18-21,23-24H2,1H3,(H,40,45)/b13-6-/t27-,29+,31+,32-,33+,34+,38-/m1/s1. The van der Waals surface area contributed by atoms with Gasteiger partial charge in [-0.3, -0.25) is 19.2 Å². The summed E-state index contributed by atoms with van der Waals surface area (Å²) in [4.78, 5) is 60.1. The molecular formula is C38H44BrN3O7. The van der Waals surface area contributed by atoms with Gasteiger partial charge in [0.1, 0.15) is 24.4 Å². The van der Waals surface area contributed by atoms with Crippen molar-refractivity contribution in [3.05, 3.63) is 94.5 Å². The first kappa shape index (κ1) is 35.0. The molecule has 2 aromatic rings. The van der Waals surface area contributed by atoms with Gasteiger partial charge in [-0.1, -0.05) is 109 Å². The predicted molar refractivity (Wildman–Crippen MR) is 186 cm³/mol. The maximum absolute atomic E-state index is 14.9. The van der Waals surface area contributed by atoms with Crippen LogP contribution in [0.3, 0.4) is 0 Å². The number of aliphatic hydroxyl groups is 1. The minimum absolute atomic E-state index is 0.0839. The molecule has 0 saturated carbocycles. The quantitative estimate of drug-likeness (QED) is 0.225. The van der Waals surface area contributed by atoms with Gasteiger partial charge in [0.25, 0.3) is 0 Å². The lowest BCUT2D eigenvalue weighted by Gasteiger charge is -2.39. The van der Waals surface area contributed by atoms with Gasteiger partial charge in [0, 0.05) is 24.0 Å². The Kier molecular flexibility index (Phi) is 11.0. The third-order valence-electron chi connectivity index (χ3n) is 10.1. The maximum Gasteiger partial charge on any atom is 0.306 e. The Labute approximate surface area is 295 Å². The van der Waals surface area contributed by atoms with Crippen LogP contribution in [0, 0.1) is 11.8 Å². The average molecular weight is 735 g/mol. The highest BCUT2D eigenvalue weighted by atomic mass is 79.9. The van der Waals surface area contributed by atoms with Crippen LogP contribution < -0.4 is 5.32 Å². The number of halogens is 1. The van der Waals surface area contributed by atoms with Crippen molar-refractivity contribution in [1.82, 2.24) is 15.1 Å². The number of cyclic esters (lactones) is 1. The van der Waals surface area contributed by atoms with E-state index in [1.165, 1.54) is 4.90 Å². The summed E-state index contributed by atoms with van der Waals surface area (Å²) in [5.74, 6) is -3.53. The van der Waals surface area contributed by atoms with Crippen LogP contribution >= 0.6 is 15.9 Å². The number of carbonyl (C=O) groups is 4. The molecule has 5 bridgehead atoms. The first-order chi connectivity index (χ1) is 23.8. The van der Waals surface area contributed by atoms with Crippen LogP contribution in [0.4, 0.5) is 0 Å². The number of nitrogens with zero attached hydrogens (tertiary/aromatic N) is 2. The van der Waals surface area contributed by atoms with Crippen molar-refractivity contribution in [2.75, 3.05) is 26.3 Å². The van der Waals surface area contributed by atoms with Crippen LogP contribution in [0.15, 0.2) is 83.4 Å². The highest BCUT2D eigenvalue weighted by Gasteiger charge is 2.75. The molecule has 260 valence electrons. The highest BCUT2D eigenvalue weighted by Crippen LogP contribution is 2.59. The van der Waals surface area contributed by atoms with Crippen molar-refractivity contribution in [1.29, 1.82) is 0 Å². The molecular weight excluding hydrogens is 690 g/mol. The van der Waals surface area contributed by atoms with E-state index in [4.69, 9.17) is 9.47 Å². The molecule has 4 aliphatic heterocycles. The summed E-state index contributed by atoms with van der Waals surface area (Å²) >= 11 is 3.63. The molecule has 2 saturated heterocycles. The van der Waals surface area contributed by atoms with E-state index in [1.807, 2.05) is 72.8 Å². The number of carbonyl (C=O) groups excluding carboxylic acids is 4. The zero-order valence-electron chi connectivity index (χ0n) is 27.7. The van der Waals surface area contributed by atoms with Gasteiger partial charge in [-0.25, -0.2) is 0 Å². The highest BCUT2D eigenvalue weighted by molar-refractivity contribution is 9.11. The summed E-state index contributed by atoms with van der Waals surface area (Å²) in [6.45, 7) is 2.36. The topological polar surface area (TPSA) is 125 Å². The summed E-state index contributed by atoms with van der Waals surface area (Å²) in [5.41, 5.74) is 0.219. The monoisotopic (exact) mass is 733 g/mol. The fourth-order valence-corrected chi connectivity index (χ4v) is 8.46. The number of allylic oxidation sites excluding steroid dienone is 1. The molecule has 4 heterocycles. The number of amides is 3. The number of esters is 1. The number of benzene rings is 2. The second-order valence-electron chi connectivity index (χ2n) is 13.3. The van der Waals surface area contributed by atoms with Gasteiger partial charge in [0.2, 0.25) is 17.7 Å². The molecule has 2 N–H and O–H groups in total. The molecule has 2 aromatic carbocycles. The lowest BCUT2D eigenvalue weighted by Crippen LogP contribution is -2.59. The second-order valence-corrected chi connectivity index (χ2v) is 14.2. The van der Waals surface area contributed by atoms with Crippen molar-refractivity contribution in [3.8, 4) is 0 Å². The zero-order valence-corrected chi connectivity index (χ0v) is 29.3. The van der Waals surface area contributed by atoms with Gasteiger partial charge in [0.05, 0.1) is 30.5 Å². The molecule has 0 aliphatic carbocycles. The molecule has 0 unspecified atom stereocenters. The molecule has 0 radical (unpaired) electrons. The number of fused-ring (bicyclic) bond motifs is 2. The molecule has 6 rings (SSSR count). The van der Waals surface area contributed by atoms with E-state index < -0.39 is 59.5 Å². The first-order valence-corrected chi connectivity index (χ1v) is 18.1. The molecule has 3 amide bonds. The number of aliphatic hydroxyl groups excluding tert-OH is 1. The van der Waals surface area contributed by atoms with Gasteiger partial charge in [-0.2, -0.15) is 0 Å². The largest absolute Gasteiger partial charge is 0.463 e. The molecule has 4 aliphatic rings. The van der Waals surface area contributed by atoms with E-state index in [-0.39, 0.29) is 32.1 Å². The zero-order chi connectivity index (χ0) is 34.5. The minimum atomic E-state index is -1.43. The normalized spacial score (nSPS) is 30.1. The number of ether oxygens (including phenoxy) is 2. The number of unbranched alkanes of at least 4 members (excludes halogenated alkanes) is 2. The molecule has 11 heteroatoms. The van der Waals surface area contributed by atoms with E-state index in [9.17, 15) is 24.3 Å². The fraction of sp³-hybridized carbons (Fsp3) is 0.474. The van der Waals surface area contributed by atoms with E-state index in [0.29, 0.717) is 23.9 Å². The summed E-state index contributed by atoms with van der Waals surface area (Å²) in [6.07, 6.45) is 8.29. The van der Waals surface area contributed by atoms with Crippen molar-refractivity contribution in [3.63, 3.8) is 0 Å². The third kappa shape index (κ3) is 6.98. The van der Waals surface area contributed by atoms with Gasteiger partial charge >= 0.3 is 5.97 Å². The van der Waals surface area contributed by atoms with Crippen molar-refractivity contribution in [2.45, 2.75) is 75.3 Å². The van der Waals surface area contributed by atoms with Crippen molar-refractivity contribution >= 4 is 39.6 Å². The summed E-state index contributed by atoms with van der Waals surface area (Å²) < 4.78 is 12.9. The average Bonchev–Trinajstić information content (AvgIpc) is 3.71. The van der Waals surface area contributed by atoms with E-state index in [0.717, 1.165) is 30.4 Å². The predicted octanol–water partition coefficient (Wildman–Crippen LogP) is 4.23. The summed E-state index contributed by atoms with van der Waals surface area (Å²) in [6, 6.07) is 16.3. The Hall–Kier alpha value is -3.80. The Morgan fingerprint density at radius 1 is 1.00 bits per heavy atom. The maximum atomic E-state index is 14.9. The van der Waals surface area contributed by atoms with Crippen LogP contribution in [0.1, 0.15) is 56.2 Å². The smallest absolute Gasteiger partial charge is 0.306 e.